The van der Waals surface area contributed by atoms with E-state index in [1.54, 1.807) is 37.6 Å². The molecule has 2 unspecified atom stereocenters. The van der Waals surface area contributed by atoms with Crippen LogP contribution in [0.4, 0.5) is 0 Å². The predicted octanol–water partition coefficient (Wildman–Crippen LogP) is 3.17. The molecule has 1 amide bonds. The van der Waals surface area contributed by atoms with Crippen molar-refractivity contribution in [1.82, 2.24) is 5.43 Å². The van der Waals surface area contributed by atoms with Crippen molar-refractivity contribution in [3.8, 4) is 11.5 Å². The average Bonchev–Trinajstić information content (AvgIpc) is 2.60. The lowest BCUT2D eigenvalue weighted by molar-refractivity contribution is -0.123. The molecule has 24 heavy (non-hydrogen) atoms. The van der Waals surface area contributed by atoms with Crippen LogP contribution >= 0.6 is 0 Å². The molecule has 2 bridgehead atoms. The lowest BCUT2D eigenvalue weighted by atomic mass is 9.49. The molecule has 3 aliphatic rings. The lowest BCUT2D eigenvalue weighted by Gasteiger charge is -2.55. The summed E-state index contributed by atoms with van der Waals surface area (Å²) in [7, 11) is 1.61. The molecule has 0 aromatic heterocycles. The van der Waals surface area contributed by atoms with Crippen LogP contribution in [-0.4, -0.2) is 25.8 Å². The molecule has 1 aromatic rings. The van der Waals surface area contributed by atoms with Gasteiger partial charge in [0.2, 0.25) is 0 Å². The second-order valence-electron chi connectivity index (χ2n) is 7.00. The molecule has 2 atom stereocenters. The Morgan fingerprint density at radius 2 is 2.04 bits per heavy atom. The first kappa shape index (κ1) is 16.6. The fourth-order valence-electron chi connectivity index (χ4n) is 3.58. The van der Waals surface area contributed by atoms with Crippen molar-refractivity contribution in [3.05, 3.63) is 35.9 Å². The van der Waals surface area contributed by atoms with Gasteiger partial charge in [-0.25, -0.2) is 5.43 Å². The van der Waals surface area contributed by atoms with Crippen molar-refractivity contribution in [2.75, 3.05) is 13.7 Å². The van der Waals surface area contributed by atoms with Gasteiger partial charge in [-0.1, -0.05) is 19.9 Å². The SMILES string of the molecule is COc1ccc(OCC(=O)N/N=C/C2=CCC3CC2C3(C)C)cc1. The summed E-state index contributed by atoms with van der Waals surface area (Å²) in [4.78, 5) is 11.8. The summed E-state index contributed by atoms with van der Waals surface area (Å²) in [6.45, 7) is 4.56. The Balaban J connectivity index is 1.45. The third-order valence-electron chi connectivity index (χ3n) is 5.34. The second-order valence-corrected chi connectivity index (χ2v) is 7.00. The molecule has 0 aliphatic heterocycles. The average molecular weight is 328 g/mol. The number of ether oxygens (including phenoxy) is 2. The van der Waals surface area contributed by atoms with Gasteiger partial charge in [0.15, 0.2) is 6.61 Å². The number of hydrogen-bond donors (Lipinski definition) is 1. The molecule has 1 N–H and O–H groups in total. The third kappa shape index (κ3) is 3.30. The van der Waals surface area contributed by atoms with Crippen molar-refractivity contribution in [1.29, 1.82) is 0 Å². The van der Waals surface area contributed by atoms with Gasteiger partial charge < -0.3 is 9.47 Å². The minimum absolute atomic E-state index is 0.0697. The van der Waals surface area contributed by atoms with Gasteiger partial charge in [0.25, 0.3) is 5.91 Å². The number of hydrogen-bond acceptors (Lipinski definition) is 4. The maximum absolute atomic E-state index is 11.8. The zero-order valence-electron chi connectivity index (χ0n) is 14.4. The summed E-state index contributed by atoms with van der Waals surface area (Å²) in [5, 5.41) is 4.08. The van der Waals surface area contributed by atoms with E-state index in [1.165, 1.54) is 12.0 Å². The quantitative estimate of drug-likeness (QED) is 0.644. The highest BCUT2D eigenvalue weighted by Gasteiger charge is 2.50. The highest BCUT2D eigenvalue weighted by atomic mass is 16.5. The fraction of sp³-hybridized carbons (Fsp3) is 0.474. The Labute approximate surface area is 142 Å². The van der Waals surface area contributed by atoms with Gasteiger partial charge in [0.05, 0.1) is 13.3 Å². The van der Waals surface area contributed by atoms with Crippen LogP contribution in [0.15, 0.2) is 41.0 Å². The Morgan fingerprint density at radius 3 is 2.67 bits per heavy atom. The smallest absolute Gasteiger partial charge is 0.277 e. The molecule has 1 saturated carbocycles. The number of allylic oxidation sites excluding steroid dienone is 2. The summed E-state index contributed by atoms with van der Waals surface area (Å²) >= 11 is 0. The molecule has 4 rings (SSSR count). The predicted molar refractivity (Wildman–Crippen MR) is 93.2 cm³/mol. The fourth-order valence-corrected chi connectivity index (χ4v) is 3.58. The molecule has 5 nitrogen and oxygen atoms in total. The highest BCUT2D eigenvalue weighted by molar-refractivity contribution is 5.83. The number of nitrogens with one attached hydrogen (secondary N) is 1. The van der Waals surface area contributed by atoms with E-state index in [9.17, 15) is 4.79 Å². The van der Waals surface area contributed by atoms with Crippen LogP contribution in [0.1, 0.15) is 26.7 Å². The van der Waals surface area contributed by atoms with E-state index in [1.807, 2.05) is 0 Å². The molecular weight excluding hydrogens is 304 g/mol. The first-order valence-electron chi connectivity index (χ1n) is 8.29. The van der Waals surface area contributed by atoms with Crippen molar-refractivity contribution < 1.29 is 14.3 Å². The van der Waals surface area contributed by atoms with Crippen molar-refractivity contribution >= 4 is 12.1 Å². The summed E-state index contributed by atoms with van der Waals surface area (Å²) in [5.74, 6) is 2.45. The second kappa shape index (κ2) is 6.67. The summed E-state index contributed by atoms with van der Waals surface area (Å²) in [6.07, 6.45) is 6.37. The molecule has 5 heteroatoms. The molecular formula is C19H24N2O3. The van der Waals surface area contributed by atoms with E-state index in [-0.39, 0.29) is 12.5 Å². The Morgan fingerprint density at radius 1 is 1.33 bits per heavy atom. The van der Waals surface area contributed by atoms with Gasteiger partial charge in [-0.2, -0.15) is 5.10 Å². The summed E-state index contributed by atoms with van der Waals surface area (Å²) in [5.41, 5.74) is 4.12. The molecule has 0 spiro atoms. The van der Waals surface area contributed by atoms with Crippen LogP contribution in [-0.2, 0) is 4.79 Å². The van der Waals surface area contributed by atoms with E-state index in [0.717, 1.165) is 18.1 Å². The molecule has 0 heterocycles. The maximum Gasteiger partial charge on any atom is 0.277 e. The maximum atomic E-state index is 11.8. The minimum atomic E-state index is -0.274. The van der Waals surface area contributed by atoms with Gasteiger partial charge in [-0.05, 0) is 59.9 Å². The summed E-state index contributed by atoms with van der Waals surface area (Å²) in [6, 6.07) is 7.10. The molecule has 0 radical (unpaired) electrons. The number of carbonyl (C=O) groups is 1. The van der Waals surface area contributed by atoms with Crippen LogP contribution in [0, 0.1) is 17.3 Å². The van der Waals surface area contributed by atoms with Crippen LogP contribution in [0.5, 0.6) is 11.5 Å². The van der Waals surface area contributed by atoms with E-state index in [0.29, 0.717) is 17.1 Å². The largest absolute Gasteiger partial charge is 0.497 e. The standard InChI is InChI=1S/C19H24N2O3/c1-19(2)14-5-4-13(17(19)10-14)11-20-21-18(22)12-24-16-8-6-15(23-3)7-9-16/h4,6-9,11,14,17H,5,10,12H2,1-3H3,(H,21,22)/b20-11+. The molecule has 128 valence electrons. The van der Waals surface area contributed by atoms with Crippen LogP contribution in [0.3, 0.4) is 0 Å². The van der Waals surface area contributed by atoms with Crippen molar-refractivity contribution in [3.63, 3.8) is 0 Å². The van der Waals surface area contributed by atoms with Crippen LogP contribution in [0.25, 0.3) is 0 Å². The Hall–Kier alpha value is -2.30. The number of methoxy groups -OCH3 is 1. The highest BCUT2D eigenvalue weighted by Crippen LogP contribution is 2.58. The van der Waals surface area contributed by atoms with Gasteiger partial charge >= 0.3 is 0 Å². The van der Waals surface area contributed by atoms with E-state index < -0.39 is 0 Å². The Kier molecular flexibility index (Phi) is 4.60. The lowest BCUT2D eigenvalue weighted by Crippen LogP contribution is -2.48. The van der Waals surface area contributed by atoms with E-state index in [2.05, 4.69) is 30.5 Å². The zero-order chi connectivity index (χ0) is 17.2. The molecule has 0 saturated heterocycles. The van der Waals surface area contributed by atoms with E-state index >= 15 is 0 Å². The first-order chi connectivity index (χ1) is 11.5. The van der Waals surface area contributed by atoms with Gasteiger partial charge in [0.1, 0.15) is 11.5 Å². The first-order valence-corrected chi connectivity index (χ1v) is 8.29. The number of nitrogens with zero attached hydrogens (tertiary/aromatic N) is 1. The number of fused-ring (bicyclic) bond motifs is 1. The molecule has 1 aromatic carbocycles. The van der Waals surface area contributed by atoms with Gasteiger partial charge in [-0.15, -0.1) is 0 Å². The number of carbonyl (C=O) groups excluding carboxylic acids is 1. The zero-order valence-corrected chi connectivity index (χ0v) is 14.4. The normalized spacial score (nSPS) is 24.0. The number of amides is 1. The van der Waals surface area contributed by atoms with Gasteiger partial charge in [0, 0.05) is 0 Å². The molecule has 3 aliphatic carbocycles. The number of benzene rings is 1. The van der Waals surface area contributed by atoms with Crippen LogP contribution < -0.4 is 14.9 Å². The summed E-state index contributed by atoms with van der Waals surface area (Å²) < 4.78 is 10.5. The number of hydrazone groups is 1. The molecule has 1 fully saturated rings. The van der Waals surface area contributed by atoms with Crippen molar-refractivity contribution in [2.24, 2.45) is 22.4 Å². The minimum Gasteiger partial charge on any atom is -0.497 e. The van der Waals surface area contributed by atoms with Crippen LogP contribution in [0.2, 0.25) is 0 Å². The Bertz CT molecular complexity index is 662. The van der Waals surface area contributed by atoms with E-state index in [4.69, 9.17) is 9.47 Å². The topological polar surface area (TPSA) is 59.9 Å². The van der Waals surface area contributed by atoms with Gasteiger partial charge in [-0.3, -0.25) is 4.79 Å². The van der Waals surface area contributed by atoms with Crippen molar-refractivity contribution in [2.45, 2.75) is 26.7 Å². The third-order valence-corrected chi connectivity index (χ3v) is 5.34. The number of rotatable bonds is 6. The monoisotopic (exact) mass is 328 g/mol.